The van der Waals surface area contributed by atoms with Crippen LogP contribution in [0.3, 0.4) is 0 Å². The van der Waals surface area contributed by atoms with Crippen LogP contribution < -0.4 is 11.1 Å². The largest absolute Gasteiger partial charge is 0.379 e. The summed E-state index contributed by atoms with van der Waals surface area (Å²) in [5.74, 6) is -0.466. The van der Waals surface area contributed by atoms with E-state index >= 15 is 0 Å². The predicted octanol–water partition coefficient (Wildman–Crippen LogP) is 3.88. The van der Waals surface area contributed by atoms with E-state index in [-0.39, 0.29) is 0 Å². The lowest BCUT2D eigenvalue weighted by Gasteiger charge is -2.09. The Bertz CT molecular complexity index is 585. The van der Waals surface area contributed by atoms with Gasteiger partial charge in [0, 0.05) is 14.9 Å². The van der Waals surface area contributed by atoms with Crippen LogP contribution in [-0.2, 0) is 6.54 Å². The average molecular weight is 346 g/mol. The summed E-state index contributed by atoms with van der Waals surface area (Å²) in [5.41, 5.74) is 6.37. The normalized spacial score (nSPS) is 10.3. The van der Waals surface area contributed by atoms with Crippen molar-refractivity contribution in [3.05, 3.63) is 49.6 Å². The molecule has 0 bridgehead atoms. The van der Waals surface area contributed by atoms with Crippen LogP contribution in [0.2, 0.25) is 5.02 Å². The van der Waals surface area contributed by atoms with Crippen LogP contribution in [0.1, 0.15) is 15.2 Å². The maximum atomic E-state index is 11.1. The number of nitrogens with one attached hydrogen (secondary N) is 1. The first-order chi connectivity index (χ1) is 8.58. The Morgan fingerprint density at radius 2 is 2.22 bits per heavy atom. The maximum absolute atomic E-state index is 11.1. The molecule has 0 unspecified atom stereocenters. The molecule has 6 heteroatoms. The number of hydrogen-bond donors (Lipinski definition) is 2. The van der Waals surface area contributed by atoms with Crippen molar-refractivity contribution >= 4 is 50.5 Å². The molecule has 0 aliphatic carbocycles. The molecule has 0 aliphatic heterocycles. The van der Waals surface area contributed by atoms with Gasteiger partial charge in [0.05, 0.1) is 17.3 Å². The van der Waals surface area contributed by atoms with Crippen molar-refractivity contribution < 1.29 is 4.79 Å². The van der Waals surface area contributed by atoms with Gasteiger partial charge in [0.25, 0.3) is 0 Å². The molecule has 0 radical (unpaired) electrons. The SMILES string of the molecule is NC(=O)c1ccc(Cl)c(NCc2sccc2Br)c1. The van der Waals surface area contributed by atoms with Crippen molar-refractivity contribution in [3.63, 3.8) is 0 Å². The minimum atomic E-state index is -0.466. The third-order valence-corrected chi connectivity index (χ3v) is 4.64. The molecular formula is C12H10BrClN2OS. The summed E-state index contributed by atoms with van der Waals surface area (Å²) in [4.78, 5) is 12.3. The zero-order chi connectivity index (χ0) is 13.1. The zero-order valence-corrected chi connectivity index (χ0v) is 12.4. The fraction of sp³-hybridized carbons (Fsp3) is 0.0833. The average Bonchev–Trinajstić information content (AvgIpc) is 2.73. The lowest BCUT2D eigenvalue weighted by atomic mass is 10.2. The molecule has 18 heavy (non-hydrogen) atoms. The Hall–Kier alpha value is -1.04. The molecule has 3 N–H and O–H groups in total. The van der Waals surface area contributed by atoms with Crippen LogP contribution in [0, 0.1) is 0 Å². The number of amides is 1. The number of carbonyl (C=O) groups excluding carboxylic acids is 1. The van der Waals surface area contributed by atoms with Crippen LogP contribution in [-0.4, -0.2) is 5.91 Å². The summed E-state index contributed by atoms with van der Waals surface area (Å²) in [7, 11) is 0. The molecule has 0 aliphatic rings. The summed E-state index contributed by atoms with van der Waals surface area (Å²) < 4.78 is 1.06. The van der Waals surface area contributed by atoms with Crippen LogP contribution in [0.15, 0.2) is 34.1 Å². The summed E-state index contributed by atoms with van der Waals surface area (Å²) in [6.07, 6.45) is 0. The van der Waals surface area contributed by atoms with Gasteiger partial charge in [-0.1, -0.05) is 11.6 Å². The highest BCUT2D eigenvalue weighted by atomic mass is 79.9. The second kappa shape index (κ2) is 5.73. The van der Waals surface area contributed by atoms with E-state index < -0.39 is 5.91 Å². The molecular weight excluding hydrogens is 336 g/mol. The second-order valence-corrected chi connectivity index (χ2v) is 5.87. The van der Waals surface area contributed by atoms with Gasteiger partial charge in [-0.15, -0.1) is 11.3 Å². The fourth-order valence-electron chi connectivity index (χ4n) is 1.44. The number of primary amides is 1. The highest BCUT2D eigenvalue weighted by molar-refractivity contribution is 9.10. The minimum absolute atomic E-state index is 0.437. The summed E-state index contributed by atoms with van der Waals surface area (Å²) in [6, 6.07) is 6.92. The third-order valence-electron chi connectivity index (χ3n) is 2.38. The van der Waals surface area contributed by atoms with Crippen LogP contribution in [0.25, 0.3) is 0 Å². The number of nitrogens with two attached hydrogens (primary N) is 1. The molecule has 0 saturated heterocycles. The topological polar surface area (TPSA) is 55.1 Å². The lowest BCUT2D eigenvalue weighted by Crippen LogP contribution is -2.11. The van der Waals surface area contributed by atoms with Crippen molar-refractivity contribution in [3.8, 4) is 0 Å². The zero-order valence-electron chi connectivity index (χ0n) is 9.24. The van der Waals surface area contributed by atoms with Crippen molar-refractivity contribution in [2.75, 3.05) is 5.32 Å². The van der Waals surface area contributed by atoms with E-state index in [2.05, 4.69) is 21.2 Å². The van der Waals surface area contributed by atoms with Gasteiger partial charge < -0.3 is 11.1 Å². The van der Waals surface area contributed by atoms with Crippen LogP contribution in [0.5, 0.6) is 0 Å². The van der Waals surface area contributed by atoms with Crippen molar-refractivity contribution in [2.45, 2.75) is 6.54 Å². The molecule has 1 heterocycles. The third kappa shape index (κ3) is 3.04. The van der Waals surface area contributed by atoms with Gasteiger partial charge in [-0.05, 0) is 45.6 Å². The van der Waals surface area contributed by atoms with Gasteiger partial charge >= 0.3 is 0 Å². The number of rotatable bonds is 4. The smallest absolute Gasteiger partial charge is 0.248 e. The molecule has 0 spiro atoms. The number of hydrogen-bond acceptors (Lipinski definition) is 3. The van der Waals surface area contributed by atoms with Crippen molar-refractivity contribution in [1.82, 2.24) is 0 Å². The van der Waals surface area contributed by atoms with Gasteiger partial charge in [0.1, 0.15) is 0 Å². The Balaban J connectivity index is 2.16. The Morgan fingerprint density at radius 3 is 2.83 bits per heavy atom. The first kappa shape index (κ1) is 13.4. The summed E-state index contributed by atoms with van der Waals surface area (Å²) in [6.45, 7) is 0.639. The fourth-order valence-corrected chi connectivity index (χ4v) is 3.06. The van der Waals surface area contributed by atoms with Crippen LogP contribution >= 0.6 is 38.9 Å². The molecule has 0 fully saturated rings. The number of thiophene rings is 1. The highest BCUT2D eigenvalue weighted by Gasteiger charge is 2.07. The number of halogens is 2. The number of anilines is 1. The summed E-state index contributed by atoms with van der Waals surface area (Å²) >= 11 is 11.2. The van der Waals surface area contributed by atoms with E-state index in [0.29, 0.717) is 22.8 Å². The first-order valence-electron chi connectivity index (χ1n) is 5.13. The van der Waals surface area contributed by atoms with Gasteiger partial charge in [-0.25, -0.2) is 0 Å². The molecule has 0 saturated carbocycles. The van der Waals surface area contributed by atoms with E-state index in [1.54, 1.807) is 29.5 Å². The molecule has 94 valence electrons. The number of benzene rings is 1. The van der Waals surface area contributed by atoms with E-state index in [1.165, 1.54) is 0 Å². The molecule has 1 amide bonds. The van der Waals surface area contributed by atoms with Gasteiger partial charge in [0.2, 0.25) is 5.91 Å². The minimum Gasteiger partial charge on any atom is -0.379 e. The lowest BCUT2D eigenvalue weighted by molar-refractivity contribution is 0.100. The monoisotopic (exact) mass is 344 g/mol. The molecule has 1 aromatic heterocycles. The van der Waals surface area contributed by atoms with Gasteiger partial charge in [-0.2, -0.15) is 0 Å². The van der Waals surface area contributed by atoms with E-state index in [4.69, 9.17) is 17.3 Å². The first-order valence-corrected chi connectivity index (χ1v) is 7.18. The highest BCUT2D eigenvalue weighted by Crippen LogP contribution is 2.27. The standard InChI is InChI=1S/C12H10BrClN2OS/c13-8-3-4-18-11(8)6-16-10-5-7(12(15)17)1-2-9(10)14/h1-5,16H,6H2,(H2,15,17). The Morgan fingerprint density at radius 1 is 1.44 bits per heavy atom. The molecule has 2 aromatic rings. The molecule has 2 rings (SSSR count). The second-order valence-electron chi connectivity index (χ2n) is 3.60. The number of carbonyl (C=O) groups is 1. The molecule has 1 aromatic carbocycles. The van der Waals surface area contributed by atoms with E-state index in [9.17, 15) is 4.79 Å². The van der Waals surface area contributed by atoms with Crippen molar-refractivity contribution in [2.24, 2.45) is 5.73 Å². The maximum Gasteiger partial charge on any atom is 0.248 e. The van der Waals surface area contributed by atoms with Gasteiger partial charge in [-0.3, -0.25) is 4.79 Å². The van der Waals surface area contributed by atoms with Gasteiger partial charge in [0.15, 0.2) is 0 Å². The quantitative estimate of drug-likeness (QED) is 0.883. The van der Waals surface area contributed by atoms with E-state index in [0.717, 1.165) is 9.35 Å². The Labute approximate surface area is 122 Å². The predicted molar refractivity (Wildman–Crippen MR) is 79.3 cm³/mol. The van der Waals surface area contributed by atoms with E-state index in [1.807, 2.05) is 11.4 Å². The Kier molecular flexibility index (Phi) is 4.27. The molecule has 3 nitrogen and oxygen atoms in total. The summed E-state index contributed by atoms with van der Waals surface area (Å²) in [5, 5.41) is 5.76. The van der Waals surface area contributed by atoms with Crippen molar-refractivity contribution in [1.29, 1.82) is 0 Å². The van der Waals surface area contributed by atoms with Crippen LogP contribution in [0.4, 0.5) is 5.69 Å². The molecule has 0 atom stereocenters.